The molecule has 2 saturated heterocycles. The first-order valence-electron chi connectivity index (χ1n) is 24.0. The number of amides is 2. The van der Waals surface area contributed by atoms with Crippen molar-refractivity contribution >= 4 is 29.8 Å². The molecule has 2 aliphatic heterocycles. The molecule has 1 aliphatic carbocycles. The van der Waals surface area contributed by atoms with Crippen LogP contribution in [-0.2, 0) is 44.6 Å². The van der Waals surface area contributed by atoms with Gasteiger partial charge in [0.15, 0.2) is 12.1 Å². The normalized spacial score (nSPS) is 25.0. The average molecular weight is 953 g/mol. The molecule has 2 fully saturated rings. The van der Waals surface area contributed by atoms with Crippen LogP contribution in [0.2, 0.25) is 0 Å². The molecule has 2 heterocycles. The van der Waals surface area contributed by atoms with E-state index in [9.17, 15) is 44.7 Å². The van der Waals surface area contributed by atoms with Gasteiger partial charge in [-0.1, -0.05) is 82.0 Å². The van der Waals surface area contributed by atoms with E-state index in [0.29, 0.717) is 35.1 Å². The summed E-state index contributed by atoms with van der Waals surface area (Å²) < 4.78 is 36.2. The van der Waals surface area contributed by atoms with Gasteiger partial charge >= 0.3 is 11.9 Å². The summed E-state index contributed by atoms with van der Waals surface area (Å²) in [6.07, 6.45) is 2.74. The van der Waals surface area contributed by atoms with E-state index < -0.39 is 96.8 Å². The molecule has 376 valence electrons. The first kappa shape index (κ1) is 54.4. The fourth-order valence-corrected chi connectivity index (χ4v) is 8.44. The molecule has 2 aromatic carbocycles. The zero-order valence-electron chi connectivity index (χ0n) is 40.0. The van der Waals surface area contributed by atoms with E-state index in [1.165, 1.54) is 0 Å². The van der Waals surface area contributed by atoms with E-state index >= 15 is 0 Å². The number of ether oxygens (including phenoxy) is 6. The van der Waals surface area contributed by atoms with Crippen LogP contribution in [0.3, 0.4) is 0 Å². The van der Waals surface area contributed by atoms with Crippen LogP contribution in [0.1, 0.15) is 137 Å². The van der Waals surface area contributed by atoms with Crippen molar-refractivity contribution in [3.05, 3.63) is 88.5 Å². The second kappa shape index (κ2) is 25.9. The van der Waals surface area contributed by atoms with Crippen LogP contribution in [0, 0.1) is 0 Å². The third-order valence-corrected chi connectivity index (χ3v) is 12.0. The number of fused-ring (bicyclic) bond motifs is 1. The van der Waals surface area contributed by atoms with Gasteiger partial charge in [0.2, 0.25) is 5.91 Å². The van der Waals surface area contributed by atoms with Crippen molar-refractivity contribution in [2.75, 3.05) is 19.8 Å². The van der Waals surface area contributed by atoms with Crippen molar-refractivity contribution in [2.45, 2.75) is 178 Å². The summed E-state index contributed by atoms with van der Waals surface area (Å²) in [6, 6.07) is 12.8. The third-order valence-electron chi connectivity index (χ3n) is 12.0. The molecule has 5 rings (SSSR count). The van der Waals surface area contributed by atoms with Gasteiger partial charge in [-0.05, 0) is 75.4 Å². The number of unbranched alkanes of at least 4 members (excludes halogenated alkanes) is 4. The summed E-state index contributed by atoms with van der Waals surface area (Å²) in [6.45, 7) is 8.51. The molecule has 9 atom stereocenters. The smallest absolute Gasteiger partial charge is 0.339 e. The maximum Gasteiger partial charge on any atom is 0.339 e. The first-order valence-corrected chi connectivity index (χ1v) is 24.0. The average Bonchev–Trinajstić information content (AvgIpc) is 3.69. The summed E-state index contributed by atoms with van der Waals surface area (Å²) in [5, 5.41) is 55.7. The molecule has 0 saturated carbocycles. The molecular weight excluding hydrogens is 881 g/mol. The van der Waals surface area contributed by atoms with Crippen LogP contribution in [0.5, 0.6) is 0 Å². The SMILES string of the molecule is CCCCCC1(CCCCC)OC2C=C(C(=O)NCc3cccc(C(=O)NC(CO)CCC(=O)OC(C)(C)C)c3)CC(OC(=O)c3ccccc3C=CCOC3OC(CO)C(O)C(O)C3O)C2O1. The van der Waals surface area contributed by atoms with Crippen molar-refractivity contribution in [2.24, 2.45) is 0 Å². The molecule has 3 aliphatic rings. The Labute approximate surface area is 399 Å². The zero-order valence-corrected chi connectivity index (χ0v) is 40.0. The highest BCUT2D eigenvalue weighted by molar-refractivity contribution is 5.96. The third kappa shape index (κ3) is 15.5. The molecule has 17 nitrogen and oxygen atoms in total. The van der Waals surface area contributed by atoms with Gasteiger partial charge in [-0.15, -0.1) is 0 Å². The van der Waals surface area contributed by atoms with Crippen LogP contribution in [-0.4, -0.2) is 136 Å². The minimum absolute atomic E-state index is 0.0160. The monoisotopic (exact) mass is 952 g/mol. The number of hydrogen-bond acceptors (Lipinski definition) is 15. The Hall–Kier alpha value is -4.56. The Balaban J connectivity index is 1.29. The van der Waals surface area contributed by atoms with Crippen LogP contribution < -0.4 is 10.6 Å². The van der Waals surface area contributed by atoms with E-state index in [4.69, 9.17) is 28.4 Å². The lowest BCUT2D eigenvalue weighted by Gasteiger charge is -2.39. The van der Waals surface area contributed by atoms with Gasteiger partial charge in [0.05, 0.1) is 31.4 Å². The Bertz CT molecular complexity index is 2020. The number of carbonyl (C=O) groups excluding carboxylic acids is 4. The summed E-state index contributed by atoms with van der Waals surface area (Å²) in [4.78, 5) is 53.6. The summed E-state index contributed by atoms with van der Waals surface area (Å²) in [7, 11) is 0. The predicted molar refractivity (Wildman–Crippen MR) is 250 cm³/mol. The van der Waals surface area contributed by atoms with Crippen LogP contribution >= 0.6 is 0 Å². The van der Waals surface area contributed by atoms with E-state index in [1.54, 1.807) is 87.5 Å². The Kier molecular flexibility index (Phi) is 20.7. The summed E-state index contributed by atoms with van der Waals surface area (Å²) >= 11 is 0. The van der Waals surface area contributed by atoms with Crippen LogP contribution in [0.4, 0.5) is 0 Å². The quantitative estimate of drug-likeness (QED) is 0.0564. The number of aliphatic hydroxyl groups is 5. The molecule has 0 aromatic heterocycles. The summed E-state index contributed by atoms with van der Waals surface area (Å²) in [5.74, 6) is -2.89. The number of aliphatic hydroxyl groups excluding tert-OH is 5. The van der Waals surface area contributed by atoms with E-state index in [0.717, 1.165) is 38.5 Å². The van der Waals surface area contributed by atoms with Gasteiger partial charge in [-0.2, -0.15) is 0 Å². The van der Waals surface area contributed by atoms with E-state index in [-0.39, 0.29) is 44.6 Å². The van der Waals surface area contributed by atoms with Crippen LogP contribution in [0.25, 0.3) is 6.08 Å². The lowest BCUT2D eigenvalue weighted by Crippen LogP contribution is -2.59. The Morgan fingerprint density at radius 3 is 2.29 bits per heavy atom. The topological polar surface area (TPSA) is 249 Å². The molecule has 0 spiro atoms. The minimum atomic E-state index is -1.59. The molecule has 0 bridgehead atoms. The fraction of sp³-hybridized carbons (Fsp3) is 0.608. The van der Waals surface area contributed by atoms with Crippen molar-refractivity contribution in [1.82, 2.24) is 10.6 Å². The van der Waals surface area contributed by atoms with E-state index in [2.05, 4.69) is 24.5 Å². The molecule has 2 aromatic rings. The van der Waals surface area contributed by atoms with Gasteiger partial charge in [-0.25, -0.2) is 4.79 Å². The van der Waals surface area contributed by atoms with Gasteiger partial charge in [0, 0.05) is 43.4 Å². The number of benzene rings is 2. The second-order valence-electron chi connectivity index (χ2n) is 18.7. The Morgan fingerprint density at radius 1 is 0.897 bits per heavy atom. The molecule has 17 heteroatoms. The minimum Gasteiger partial charge on any atom is -0.460 e. The van der Waals surface area contributed by atoms with Crippen molar-refractivity contribution < 1.29 is 73.1 Å². The molecule has 9 unspecified atom stereocenters. The molecule has 68 heavy (non-hydrogen) atoms. The van der Waals surface area contributed by atoms with Crippen LogP contribution in [0.15, 0.2) is 66.3 Å². The maximum absolute atomic E-state index is 14.1. The highest BCUT2D eigenvalue weighted by atomic mass is 16.8. The Morgan fingerprint density at radius 2 is 1.62 bits per heavy atom. The predicted octanol–water partition coefficient (Wildman–Crippen LogP) is 4.54. The van der Waals surface area contributed by atoms with Crippen molar-refractivity contribution in [1.29, 1.82) is 0 Å². The highest BCUT2D eigenvalue weighted by Gasteiger charge is 2.52. The molecular formula is C51H72N2O15. The van der Waals surface area contributed by atoms with E-state index in [1.807, 2.05) is 0 Å². The lowest BCUT2D eigenvalue weighted by atomic mass is 9.91. The number of carbonyl (C=O) groups is 4. The number of esters is 2. The van der Waals surface area contributed by atoms with Crippen molar-refractivity contribution in [3.63, 3.8) is 0 Å². The van der Waals surface area contributed by atoms with Gasteiger partial charge in [-0.3, -0.25) is 14.4 Å². The standard InChI is InChI=1S/C51H72N2O15/c1-6-8-12-23-51(24-13-9-7-2)66-39-28-35(46(60)52-29-32-16-14-18-34(26-32)47(61)53-36(30-54)21-22-41(56)67-50(3,4)5)27-38(45(39)68-51)64-48(62)37-20-11-10-17-33(37)19-15-25-63-49-44(59)43(58)42(57)40(31-55)65-49/h10-11,14-20,26,28,36,38-40,42-45,49,54-55,57-59H,6-9,12-13,21-25,27,29-31H2,1-5H3,(H,52,60)(H,53,61). The lowest BCUT2D eigenvalue weighted by molar-refractivity contribution is -0.298. The number of nitrogens with one attached hydrogen (secondary N) is 2. The zero-order chi connectivity index (χ0) is 49.4. The largest absolute Gasteiger partial charge is 0.460 e. The van der Waals surface area contributed by atoms with Crippen molar-refractivity contribution in [3.8, 4) is 0 Å². The second-order valence-corrected chi connectivity index (χ2v) is 18.7. The molecule has 0 radical (unpaired) electrons. The highest BCUT2D eigenvalue weighted by Crippen LogP contribution is 2.43. The molecule has 7 N–H and O–H groups in total. The van der Waals surface area contributed by atoms with Gasteiger partial charge in [0.1, 0.15) is 48.3 Å². The number of rotatable bonds is 24. The molecule has 2 amide bonds. The number of hydrogen-bond donors (Lipinski definition) is 7. The summed E-state index contributed by atoms with van der Waals surface area (Å²) in [5.41, 5.74) is 1.33. The maximum atomic E-state index is 14.1. The first-order chi connectivity index (χ1) is 32.5. The fourth-order valence-electron chi connectivity index (χ4n) is 8.44. The van der Waals surface area contributed by atoms with Gasteiger partial charge in [0.25, 0.3) is 5.91 Å². The van der Waals surface area contributed by atoms with Gasteiger partial charge < -0.3 is 64.6 Å².